The number of aromatic carboxylic acids is 1. The van der Waals surface area contributed by atoms with Gasteiger partial charge < -0.3 is 25.1 Å². The lowest BCUT2D eigenvalue weighted by molar-refractivity contribution is 0.0549. The predicted octanol–water partition coefficient (Wildman–Crippen LogP) is 0.483. The van der Waals surface area contributed by atoms with E-state index in [9.17, 15) is 19.1 Å². The van der Waals surface area contributed by atoms with Gasteiger partial charge in [-0.25, -0.2) is 14.2 Å². The van der Waals surface area contributed by atoms with E-state index in [4.69, 9.17) is 10.6 Å². The summed E-state index contributed by atoms with van der Waals surface area (Å²) in [5.74, 6) is -1.81. The minimum Gasteiger partial charge on any atom is -0.477 e. The molecule has 1 saturated carbocycles. The Morgan fingerprint density at radius 2 is 2.21 bits per heavy atom. The molecule has 0 bridgehead atoms. The van der Waals surface area contributed by atoms with Crippen molar-refractivity contribution in [3.05, 3.63) is 33.9 Å². The van der Waals surface area contributed by atoms with Crippen LogP contribution < -0.4 is 21.5 Å². The van der Waals surface area contributed by atoms with Gasteiger partial charge in [-0.3, -0.25) is 4.79 Å². The van der Waals surface area contributed by atoms with Gasteiger partial charge in [0.15, 0.2) is 11.6 Å². The Balaban J connectivity index is 1.82. The number of hydrogen-bond acceptors (Lipinski definition) is 7. The Bertz CT molecular complexity index is 990. The highest BCUT2D eigenvalue weighted by atomic mass is 19.1. The fourth-order valence-corrected chi connectivity index (χ4v) is 3.81. The Hall–Kier alpha value is -2.56. The number of anilines is 1. The molecular weight excluding hydrogens is 369 g/mol. The molecule has 2 unspecified atom stereocenters. The van der Waals surface area contributed by atoms with E-state index < -0.39 is 17.2 Å². The molecule has 0 radical (unpaired) electrons. The second-order valence-corrected chi connectivity index (χ2v) is 7.31. The molecule has 28 heavy (non-hydrogen) atoms. The number of halogens is 1. The van der Waals surface area contributed by atoms with Crippen LogP contribution >= 0.6 is 0 Å². The Morgan fingerprint density at radius 3 is 2.82 bits per heavy atom. The van der Waals surface area contributed by atoms with Gasteiger partial charge >= 0.3 is 5.97 Å². The van der Waals surface area contributed by atoms with Crippen molar-refractivity contribution < 1.29 is 19.1 Å². The van der Waals surface area contributed by atoms with Gasteiger partial charge in [-0.2, -0.15) is 5.48 Å². The van der Waals surface area contributed by atoms with Gasteiger partial charge in [0.25, 0.3) is 0 Å². The van der Waals surface area contributed by atoms with Gasteiger partial charge in [0.2, 0.25) is 5.43 Å². The first kappa shape index (κ1) is 18.8. The fraction of sp³-hybridized carbons (Fsp3) is 0.500. The summed E-state index contributed by atoms with van der Waals surface area (Å²) in [6.45, 7) is 1.35. The molecule has 4 rings (SSSR count). The number of aromatic nitrogens is 2. The zero-order chi connectivity index (χ0) is 20.0. The first-order chi connectivity index (χ1) is 13.4. The first-order valence-corrected chi connectivity index (χ1v) is 9.16. The van der Waals surface area contributed by atoms with E-state index in [1.165, 1.54) is 13.3 Å². The van der Waals surface area contributed by atoms with Crippen LogP contribution in [-0.4, -0.2) is 53.4 Å². The van der Waals surface area contributed by atoms with E-state index in [0.717, 1.165) is 18.9 Å². The molecule has 0 amide bonds. The van der Waals surface area contributed by atoms with E-state index in [-0.39, 0.29) is 34.8 Å². The largest absolute Gasteiger partial charge is 0.477 e. The number of nitrogens with one attached hydrogen (secondary N) is 1. The number of carboxylic acid groups (broad SMARTS) is 1. The van der Waals surface area contributed by atoms with Gasteiger partial charge in [0.1, 0.15) is 11.2 Å². The highest BCUT2D eigenvalue weighted by Crippen LogP contribution is 2.37. The van der Waals surface area contributed by atoms with Crippen LogP contribution in [0.3, 0.4) is 0 Å². The van der Waals surface area contributed by atoms with Crippen molar-refractivity contribution in [1.82, 2.24) is 15.0 Å². The third kappa shape index (κ3) is 3.13. The summed E-state index contributed by atoms with van der Waals surface area (Å²) in [6.07, 6.45) is 3.05. The highest BCUT2D eigenvalue weighted by Gasteiger charge is 2.35. The van der Waals surface area contributed by atoms with Crippen molar-refractivity contribution in [2.24, 2.45) is 11.7 Å². The molecule has 2 aromatic heterocycles. The minimum absolute atomic E-state index is 0.0193. The van der Waals surface area contributed by atoms with Crippen LogP contribution in [0.15, 0.2) is 17.1 Å². The lowest BCUT2D eigenvalue weighted by Gasteiger charge is -2.20. The summed E-state index contributed by atoms with van der Waals surface area (Å²) in [6, 6.07) is 1.09. The van der Waals surface area contributed by atoms with Crippen LogP contribution in [0.2, 0.25) is 0 Å². The van der Waals surface area contributed by atoms with E-state index in [1.54, 1.807) is 9.47 Å². The zero-order valence-corrected chi connectivity index (χ0v) is 15.4. The monoisotopic (exact) mass is 391 g/mol. The molecular formula is C18H22FN5O4. The third-order valence-corrected chi connectivity index (χ3v) is 5.42. The molecule has 10 heteroatoms. The van der Waals surface area contributed by atoms with Gasteiger partial charge in [0, 0.05) is 31.2 Å². The van der Waals surface area contributed by atoms with Crippen LogP contribution in [0.4, 0.5) is 10.2 Å². The lowest BCUT2D eigenvalue weighted by Crippen LogP contribution is -2.38. The average Bonchev–Trinajstić information content (AvgIpc) is 3.42. The first-order valence-electron chi connectivity index (χ1n) is 9.16. The zero-order valence-electron chi connectivity index (χ0n) is 15.4. The molecule has 150 valence electrons. The number of rotatable bonds is 6. The smallest absolute Gasteiger partial charge is 0.341 e. The van der Waals surface area contributed by atoms with Crippen molar-refractivity contribution in [3.8, 4) is 0 Å². The maximum absolute atomic E-state index is 14.9. The van der Waals surface area contributed by atoms with Gasteiger partial charge in [-0.05, 0) is 25.5 Å². The SMILES string of the molecule is CONC1CN(c2nc3c(cc2F)c(=O)c(C(=O)O)cn3C2CC2)CC1CN. The molecule has 3 heterocycles. The summed E-state index contributed by atoms with van der Waals surface area (Å²) in [5.41, 5.74) is 7.91. The summed E-state index contributed by atoms with van der Waals surface area (Å²) in [4.78, 5) is 35.2. The average molecular weight is 391 g/mol. The molecule has 2 fully saturated rings. The Labute approximate surface area is 159 Å². The van der Waals surface area contributed by atoms with Crippen molar-refractivity contribution in [2.75, 3.05) is 31.6 Å². The van der Waals surface area contributed by atoms with Gasteiger partial charge in [-0.15, -0.1) is 0 Å². The van der Waals surface area contributed by atoms with Gasteiger partial charge in [-0.1, -0.05) is 0 Å². The molecule has 2 aromatic rings. The molecule has 4 N–H and O–H groups in total. The maximum atomic E-state index is 14.9. The van der Waals surface area contributed by atoms with E-state index >= 15 is 0 Å². The van der Waals surface area contributed by atoms with Crippen LogP contribution in [0.5, 0.6) is 0 Å². The molecule has 1 saturated heterocycles. The number of pyridine rings is 2. The summed E-state index contributed by atoms with van der Waals surface area (Å²) >= 11 is 0. The van der Waals surface area contributed by atoms with Crippen molar-refractivity contribution in [1.29, 1.82) is 0 Å². The van der Waals surface area contributed by atoms with Crippen LogP contribution in [0.25, 0.3) is 11.0 Å². The number of hydroxylamine groups is 1. The number of fused-ring (bicyclic) bond motifs is 1. The normalized spacial score (nSPS) is 22.2. The quantitative estimate of drug-likeness (QED) is 0.608. The van der Waals surface area contributed by atoms with Crippen LogP contribution in [-0.2, 0) is 4.84 Å². The second-order valence-electron chi connectivity index (χ2n) is 7.31. The molecule has 0 spiro atoms. The fourth-order valence-electron chi connectivity index (χ4n) is 3.81. The number of nitrogens with two attached hydrogens (primary N) is 1. The van der Waals surface area contributed by atoms with Crippen molar-refractivity contribution in [3.63, 3.8) is 0 Å². The van der Waals surface area contributed by atoms with E-state index in [2.05, 4.69) is 10.5 Å². The summed E-state index contributed by atoms with van der Waals surface area (Å²) in [5, 5.41) is 9.30. The second kappa shape index (κ2) is 7.12. The van der Waals surface area contributed by atoms with Crippen molar-refractivity contribution in [2.45, 2.75) is 24.9 Å². The number of carboxylic acids is 1. The molecule has 9 nitrogen and oxygen atoms in total. The third-order valence-electron chi connectivity index (χ3n) is 5.42. The summed E-state index contributed by atoms with van der Waals surface area (Å²) in [7, 11) is 1.51. The van der Waals surface area contributed by atoms with Crippen LogP contribution in [0.1, 0.15) is 29.2 Å². The molecule has 2 atom stereocenters. The van der Waals surface area contributed by atoms with E-state index in [0.29, 0.717) is 25.3 Å². The van der Waals surface area contributed by atoms with Gasteiger partial charge in [0.05, 0.1) is 18.5 Å². The highest BCUT2D eigenvalue weighted by molar-refractivity contribution is 5.92. The molecule has 1 aliphatic heterocycles. The van der Waals surface area contributed by atoms with E-state index in [1.807, 2.05) is 0 Å². The molecule has 2 aliphatic rings. The number of carbonyl (C=O) groups is 1. The number of nitrogens with zero attached hydrogens (tertiary/aromatic N) is 3. The topological polar surface area (TPSA) is 123 Å². The standard InChI is InChI=1S/C18H22FN5O4/c1-28-22-14-8-23(6-9(14)5-20)17-13(19)4-11-15(25)12(18(26)27)7-24(10-2-3-10)16(11)21-17/h4,7,9-10,14,22H,2-3,5-6,8,20H2,1H3,(H,26,27). The Morgan fingerprint density at radius 1 is 1.46 bits per heavy atom. The lowest BCUT2D eigenvalue weighted by atomic mass is 10.1. The molecule has 0 aromatic carbocycles. The predicted molar refractivity (Wildman–Crippen MR) is 99.9 cm³/mol. The maximum Gasteiger partial charge on any atom is 0.341 e. The minimum atomic E-state index is -1.33. The van der Waals surface area contributed by atoms with Crippen molar-refractivity contribution >= 4 is 22.8 Å². The number of hydrogen-bond donors (Lipinski definition) is 3. The Kier molecular flexibility index (Phi) is 4.77. The summed E-state index contributed by atoms with van der Waals surface area (Å²) < 4.78 is 16.6. The molecule has 1 aliphatic carbocycles. The van der Waals surface area contributed by atoms with Crippen LogP contribution in [0, 0.1) is 11.7 Å².